The second-order valence-corrected chi connectivity index (χ2v) is 4.00. The highest BCUT2D eigenvalue weighted by Gasteiger charge is 2.11. The highest BCUT2D eigenvalue weighted by atomic mass is 16.1. The van der Waals surface area contributed by atoms with E-state index in [4.69, 9.17) is 5.26 Å². The molecule has 2 rings (SSSR count). The standard InChI is InChI=1S/C13H12N2O/c1-8-4-5-10-9(2)11(7-14)13(16)15(3)12(10)6-8/h4-6H,1-3H3. The molecular weight excluding hydrogens is 200 g/mol. The molecule has 1 aromatic heterocycles. The number of rotatable bonds is 0. The molecule has 1 heterocycles. The normalized spacial score (nSPS) is 10.4. The topological polar surface area (TPSA) is 45.8 Å². The number of nitriles is 1. The Hall–Kier alpha value is -2.08. The molecule has 0 amide bonds. The van der Waals surface area contributed by atoms with Crippen molar-refractivity contribution in [1.29, 1.82) is 5.26 Å². The van der Waals surface area contributed by atoms with Crippen LogP contribution in [0.25, 0.3) is 10.9 Å². The Kier molecular flexibility index (Phi) is 2.28. The molecule has 0 bridgehead atoms. The fraction of sp³-hybridized carbons (Fsp3) is 0.231. The summed E-state index contributed by atoms with van der Waals surface area (Å²) in [6.07, 6.45) is 0. The van der Waals surface area contributed by atoms with Crippen LogP contribution in [0.4, 0.5) is 0 Å². The first-order chi connectivity index (χ1) is 7.56. The zero-order valence-corrected chi connectivity index (χ0v) is 9.53. The number of aryl methyl sites for hydroxylation is 3. The molecule has 0 spiro atoms. The van der Waals surface area contributed by atoms with E-state index in [0.717, 1.165) is 22.0 Å². The van der Waals surface area contributed by atoms with Gasteiger partial charge in [-0.15, -0.1) is 0 Å². The summed E-state index contributed by atoms with van der Waals surface area (Å²) in [5.74, 6) is 0. The quantitative estimate of drug-likeness (QED) is 0.670. The lowest BCUT2D eigenvalue weighted by atomic mass is 10.0. The lowest BCUT2D eigenvalue weighted by Gasteiger charge is -2.09. The van der Waals surface area contributed by atoms with Crippen LogP contribution in [0.5, 0.6) is 0 Å². The molecule has 2 aromatic rings. The molecule has 0 radical (unpaired) electrons. The van der Waals surface area contributed by atoms with Crippen molar-refractivity contribution in [3.63, 3.8) is 0 Å². The minimum absolute atomic E-state index is 0.224. The van der Waals surface area contributed by atoms with Gasteiger partial charge in [-0.2, -0.15) is 5.26 Å². The first-order valence-corrected chi connectivity index (χ1v) is 5.06. The Balaban J connectivity index is 3.09. The van der Waals surface area contributed by atoms with Crippen LogP contribution in [0.3, 0.4) is 0 Å². The summed E-state index contributed by atoms with van der Waals surface area (Å²) in [6.45, 7) is 3.80. The van der Waals surface area contributed by atoms with Gasteiger partial charge in [0.05, 0.1) is 5.52 Å². The maximum atomic E-state index is 11.9. The number of aromatic nitrogens is 1. The van der Waals surface area contributed by atoms with Crippen LogP contribution in [-0.4, -0.2) is 4.57 Å². The minimum atomic E-state index is -0.224. The minimum Gasteiger partial charge on any atom is -0.310 e. The van der Waals surface area contributed by atoms with Gasteiger partial charge in [0.25, 0.3) is 5.56 Å². The lowest BCUT2D eigenvalue weighted by molar-refractivity contribution is 0.896. The van der Waals surface area contributed by atoms with Crippen molar-refractivity contribution >= 4 is 10.9 Å². The summed E-state index contributed by atoms with van der Waals surface area (Å²) in [5.41, 5.74) is 2.76. The molecule has 0 atom stereocenters. The molecule has 0 N–H and O–H groups in total. The molecule has 0 aliphatic rings. The van der Waals surface area contributed by atoms with Crippen molar-refractivity contribution in [1.82, 2.24) is 4.57 Å². The Morgan fingerprint density at radius 2 is 2.00 bits per heavy atom. The van der Waals surface area contributed by atoms with Gasteiger partial charge in [0.2, 0.25) is 0 Å². The van der Waals surface area contributed by atoms with Gasteiger partial charge in [-0.3, -0.25) is 4.79 Å². The summed E-state index contributed by atoms with van der Waals surface area (Å²) in [7, 11) is 1.70. The third-order valence-electron chi connectivity index (χ3n) is 2.92. The summed E-state index contributed by atoms with van der Waals surface area (Å²) in [5, 5.41) is 9.94. The van der Waals surface area contributed by atoms with Gasteiger partial charge < -0.3 is 4.57 Å². The number of pyridine rings is 1. The van der Waals surface area contributed by atoms with Crippen LogP contribution in [0.2, 0.25) is 0 Å². The highest BCUT2D eigenvalue weighted by Crippen LogP contribution is 2.19. The summed E-state index contributed by atoms with van der Waals surface area (Å²) < 4.78 is 1.54. The van der Waals surface area contributed by atoms with Crippen molar-refractivity contribution in [2.45, 2.75) is 13.8 Å². The molecule has 0 saturated heterocycles. The van der Waals surface area contributed by atoms with E-state index in [9.17, 15) is 4.79 Å². The van der Waals surface area contributed by atoms with E-state index in [1.165, 1.54) is 4.57 Å². The van der Waals surface area contributed by atoms with E-state index in [1.54, 1.807) is 7.05 Å². The van der Waals surface area contributed by atoms with Gasteiger partial charge in [0.1, 0.15) is 11.6 Å². The molecule has 3 heteroatoms. The molecule has 0 aliphatic heterocycles. The molecule has 80 valence electrons. The smallest absolute Gasteiger partial charge is 0.268 e. The predicted molar refractivity (Wildman–Crippen MR) is 63.4 cm³/mol. The van der Waals surface area contributed by atoms with Gasteiger partial charge in [-0.05, 0) is 31.0 Å². The fourth-order valence-corrected chi connectivity index (χ4v) is 1.94. The number of hydrogen-bond donors (Lipinski definition) is 0. The number of nitrogens with zero attached hydrogens (tertiary/aromatic N) is 2. The predicted octanol–water partition coefficient (Wildman–Crippen LogP) is 2.03. The first-order valence-electron chi connectivity index (χ1n) is 5.06. The van der Waals surface area contributed by atoms with Gasteiger partial charge >= 0.3 is 0 Å². The number of fused-ring (bicyclic) bond motifs is 1. The molecular formula is C13H12N2O. The first kappa shape index (κ1) is 10.4. The fourth-order valence-electron chi connectivity index (χ4n) is 1.94. The van der Waals surface area contributed by atoms with Crippen LogP contribution >= 0.6 is 0 Å². The molecule has 0 aliphatic carbocycles. The third-order valence-corrected chi connectivity index (χ3v) is 2.92. The molecule has 16 heavy (non-hydrogen) atoms. The molecule has 1 aromatic carbocycles. The van der Waals surface area contributed by atoms with E-state index in [1.807, 2.05) is 38.1 Å². The van der Waals surface area contributed by atoms with Crippen LogP contribution in [-0.2, 0) is 7.05 Å². The van der Waals surface area contributed by atoms with Gasteiger partial charge in [-0.1, -0.05) is 12.1 Å². The summed E-state index contributed by atoms with van der Waals surface area (Å²) >= 11 is 0. The summed E-state index contributed by atoms with van der Waals surface area (Å²) in [6, 6.07) is 7.89. The van der Waals surface area contributed by atoms with E-state index in [2.05, 4.69) is 0 Å². The average Bonchev–Trinajstić information content (AvgIpc) is 2.27. The van der Waals surface area contributed by atoms with Gasteiger partial charge in [0.15, 0.2) is 0 Å². The second-order valence-electron chi connectivity index (χ2n) is 4.00. The monoisotopic (exact) mass is 212 g/mol. The third kappa shape index (κ3) is 1.31. The van der Waals surface area contributed by atoms with Crippen LogP contribution in [0.1, 0.15) is 16.7 Å². The van der Waals surface area contributed by atoms with Crippen molar-refractivity contribution in [3.05, 3.63) is 45.2 Å². The van der Waals surface area contributed by atoms with Crippen LogP contribution < -0.4 is 5.56 Å². The SMILES string of the molecule is Cc1ccc2c(C)c(C#N)c(=O)n(C)c2c1. The molecule has 3 nitrogen and oxygen atoms in total. The molecule has 0 saturated carbocycles. The van der Waals surface area contributed by atoms with Crippen LogP contribution in [0, 0.1) is 25.2 Å². The van der Waals surface area contributed by atoms with E-state index < -0.39 is 0 Å². The summed E-state index contributed by atoms with van der Waals surface area (Å²) in [4.78, 5) is 11.9. The Labute approximate surface area is 93.6 Å². The van der Waals surface area contributed by atoms with Crippen molar-refractivity contribution < 1.29 is 0 Å². The number of benzene rings is 1. The van der Waals surface area contributed by atoms with E-state index in [0.29, 0.717) is 0 Å². The second kappa shape index (κ2) is 3.49. The van der Waals surface area contributed by atoms with E-state index >= 15 is 0 Å². The zero-order valence-electron chi connectivity index (χ0n) is 9.53. The Bertz CT molecular complexity index is 675. The Morgan fingerprint density at radius 1 is 1.31 bits per heavy atom. The number of hydrogen-bond acceptors (Lipinski definition) is 2. The maximum Gasteiger partial charge on any atom is 0.268 e. The van der Waals surface area contributed by atoms with E-state index in [-0.39, 0.29) is 11.1 Å². The van der Waals surface area contributed by atoms with Gasteiger partial charge in [-0.25, -0.2) is 0 Å². The zero-order chi connectivity index (χ0) is 11.9. The lowest BCUT2D eigenvalue weighted by Crippen LogP contribution is -2.21. The van der Waals surface area contributed by atoms with Crippen molar-refractivity contribution in [3.8, 4) is 6.07 Å². The largest absolute Gasteiger partial charge is 0.310 e. The van der Waals surface area contributed by atoms with Crippen molar-refractivity contribution in [2.75, 3.05) is 0 Å². The Morgan fingerprint density at radius 3 is 2.62 bits per heavy atom. The van der Waals surface area contributed by atoms with Gasteiger partial charge in [0, 0.05) is 12.4 Å². The highest BCUT2D eigenvalue weighted by molar-refractivity contribution is 5.84. The van der Waals surface area contributed by atoms with Crippen molar-refractivity contribution in [2.24, 2.45) is 7.05 Å². The molecule has 0 unspecified atom stereocenters. The average molecular weight is 212 g/mol. The maximum absolute atomic E-state index is 11.9. The molecule has 0 fully saturated rings. The van der Waals surface area contributed by atoms with Crippen LogP contribution in [0.15, 0.2) is 23.0 Å².